The standard InChI is InChI=1S/C16H16BrN/c1-18(2)16-11-7-14(8-12-16)4-3-13-5-9-15(17)10-6-13/h3-12H,1-2H3. The summed E-state index contributed by atoms with van der Waals surface area (Å²) in [7, 11) is 4.10. The molecule has 2 rings (SSSR count). The van der Waals surface area contributed by atoms with Gasteiger partial charge in [0.25, 0.3) is 0 Å². The van der Waals surface area contributed by atoms with Gasteiger partial charge in [0.1, 0.15) is 0 Å². The molecule has 0 atom stereocenters. The van der Waals surface area contributed by atoms with Crippen molar-refractivity contribution in [3.8, 4) is 0 Å². The predicted octanol–water partition coefficient (Wildman–Crippen LogP) is 4.69. The second kappa shape index (κ2) is 5.87. The third-order valence-corrected chi connectivity index (χ3v) is 3.28. The molecule has 0 saturated heterocycles. The van der Waals surface area contributed by atoms with Crippen LogP contribution in [0.3, 0.4) is 0 Å². The van der Waals surface area contributed by atoms with E-state index in [0.717, 1.165) is 4.47 Å². The Morgan fingerprint density at radius 3 is 1.67 bits per heavy atom. The number of hydrogen-bond acceptors (Lipinski definition) is 1. The largest absolute Gasteiger partial charge is 0.378 e. The molecule has 1 nitrogen and oxygen atoms in total. The molecule has 0 aliphatic heterocycles. The zero-order chi connectivity index (χ0) is 13.0. The van der Waals surface area contributed by atoms with Crippen LogP contribution in [0.2, 0.25) is 0 Å². The van der Waals surface area contributed by atoms with Gasteiger partial charge in [-0.1, -0.05) is 52.3 Å². The van der Waals surface area contributed by atoms with Gasteiger partial charge in [0, 0.05) is 24.3 Å². The molecule has 92 valence electrons. The van der Waals surface area contributed by atoms with Crippen molar-refractivity contribution in [2.75, 3.05) is 19.0 Å². The monoisotopic (exact) mass is 301 g/mol. The Morgan fingerprint density at radius 1 is 0.778 bits per heavy atom. The molecule has 0 unspecified atom stereocenters. The van der Waals surface area contributed by atoms with Gasteiger partial charge in [0.2, 0.25) is 0 Å². The van der Waals surface area contributed by atoms with Gasteiger partial charge in [-0.25, -0.2) is 0 Å². The van der Waals surface area contributed by atoms with Crippen molar-refractivity contribution < 1.29 is 0 Å². The Morgan fingerprint density at radius 2 is 1.22 bits per heavy atom. The summed E-state index contributed by atoms with van der Waals surface area (Å²) in [6, 6.07) is 16.8. The lowest BCUT2D eigenvalue weighted by molar-refractivity contribution is 1.13. The summed E-state index contributed by atoms with van der Waals surface area (Å²) in [4.78, 5) is 2.10. The van der Waals surface area contributed by atoms with E-state index >= 15 is 0 Å². The van der Waals surface area contributed by atoms with Crippen LogP contribution in [0.1, 0.15) is 11.1 Å². The predicted molar refractivity (Wildman–Crippen MR) is 83.8 cm³/mol. The molecule has 0 amide bonds. The lowest BCUT2D eigenvalue weighted by atomic mass is 10.1. The van der Waals surface area contributed by atoms with Crippen LogP contribution in [-0.4, -0.2) is 14.1 Å². The van der Waals surface area contributed by atoms with Crippen LogP contribution < -0.4 is 4.90 Å². The molecule has 0 bridgehead atoms. The molecular formula is C16H16BrN. The van der Waals surface area contributed by atoms with E-state index in [2.05, 4.69) is 81.5 Å². The van der Waals surface area contributed by atoms with Crippen LogP contribution >= 0.6 is 15.9 Å². The first-order valence-corrected chi connectivity index (χ1v) is 6.65. The SMILES string of the molecule is CN(C)c1ccc(C=Cc2ccc(Br)cc2)cc1. The zero-order valence-corrected chi connectivity index (χ0v) is 12.2. The van der Waals surface area contributed by atoms with Crippen molar-refractivity contribution in [2.24, 2.45) is 0 Å². The molecule has 18 heavy (non-hydrogen) atoms. The summed E-state index contributed by atoms with van der Waals surface area (Å²) in [5.41, 5.74) is 3.63. The normalized spacial score (nSPS) is 10.8. The minimum atomic E-state index is 1.11. The molecule has 0 spiro atoms. The van der Waals surface area contributed by atoms with E-state index in [1.807, 2.05) is 14.1 Å². The molecule has 0 heterocycles. The van der Waals surface area contributed by atoms with E-state index in [1.54, 1.807) is 0 Å². The summed E-state index contributed by atoms with van der Waals surface area (Å²) in [6.07, 6.45) is 4.25. The Hall–Kier alpha value is -1.54. The maximum atomic E-state index is 3.43. The number of benzene rings is 2. The molecule has 0 saturated carbocycles. The van der Waals surface area contributed by atoms with Crippen LogP contribution in [0.5, 0.6) is 0 Å². The van der Waals surface area contributed by atoms with Crippen LogP contribution in [0.25, 0.3) is 12.2 Å². The van der Waals surface area contributed by atoms with Crippen LogP contribution in [0, 0.1) is 0 Å². The highest BCUT2D eigenvalue weighted by Gasteiger charge is 1.93. The summed E-state index contributed by atoms with van der Waals surface area (Å²) in [6.45, 7) is 0. The average Bonchev–Trinajstić information content (AvgIpc) is 2.38. The fourth-order valence-electron chi connectivity index (χ4n) is 1.65. The first kappa shape index (κ1) is 12.9. The van der Waals surface area contributed by atoms with E-state index in [9.17, 15) is 0 Å². The van der Waals surface area contributed by atoms with E-state index in [1.165, 1.54) is 16.8 Å². The zero-order valence-electron chi connectivity index (χ0n) is 10.6. The molecule has 0 fully saturated rings. The Balaban J connectivity index is 2.11. The topological polar surface area (TPSA) is 3.24 Å². The smallest absolute Gasteiger partial charge is 0.0361 e. The second-order valence-corrected chi connectivity index (χ2v) is 5.29. The fraction of sp³-hybridized carbons (Fsp3) is 0.125. The maximum absolute atomic E-state index is 3.43. The third kappa shape index (κ3) is 3.47. The molecule has 2 aromatic rings. The van der Waals surface area contributed by atoms with Gasteiger partial charge in [-0.15, -0.1) is 0 Å². The molecule has 0 aliphatic carbocycles. The highest BCUT2D eigenvalue weighted by atomic mass is 79.9. The summed E-state index contributed by atoms with van der Waals surface area (Å²) in [5.74, 6) is 0. The Bertz CT molecular complexity index is 524. The Labute approximate surface area is 117 Å². The van der Waals surface area contributed by atoms with Gasteiger partial charge in [0.05, 0.1) is 0 Å². The third-order valence-electron chi connectivity index (χ3n) is 2.75. The highest BCUT2D eigenvalue weighted by Crippen LogP contribution is 2.16. The summed E-state index contributed by atoms with van der Waals surface area (Å²) in [5, 5.41) is 0. The van der Waals surface area contributed by atoms with Crippen LogP contribution in [-0.2, 0) is 0 Å². The number of halogens is 1. The van der Waals surface area contributed by atoms with Crippen molar-refractivity contribution in [3.05, 3.63) is 64.1 Å². The first-order chi connectivity index (χ1) is 8.65. The van der Waals surface area contributed by atoms with Gasteiger partial charge >= 0.3 is 0 Å². The van der Waals surface area contributed by atoms with Gasteiger partial charge in [-0.05, 0) is 35.4 Å². The van der Waals surface area contributed by atoms with Crippen molar-refractivity contribution in [2.45, 2.75) is 0 Å². The fourth-order valence-corrected chi connectivity index (χ4v) is 1.91. The lowest BCUT2D eigenvalue weighted by Crippen LogP contribution is -2.07. The molecule has 2 aromatic carbocycles. The molecular weight excluding hydrogens is 286 g/mol. The average molecular weight is 302 g/mol. The van der Waals surface area contributed by atoms with Gasteiger partial charge < -0.3 is 4.90 Å². The molecule has 0 aromatic heterocycles. The van der Waals surface area contributed by atoms with E-state index in [4.69, 9.17) is 0 Å². The minimum Gasteiger partial charge on any atom is -0.378 e. The first-order valence-electron chi connectivity index (χ1n) is 5.86. The second-order valence-electron chi connectivity index (χ2n) is 4.37. The number of anilines is 1. The summed E-state index contributed by atoms with van der Waals surface area (Å²) >= 11 is 3.43. The number of rotatable bonds is 3. The van der Waals surface area contributed by atoms with Crippen molar-refractivity contribution in [3.63, 3.8) is 0 Å². The van der Waals surface area contributed by atoms with Crippen molar-refractivity contribution >= 4 is 33.8 Å². The lowest BCUT2D eigenvalue weighted by Gasteiger charge is -2.11. The molecule has 2 heteroatoms. The molecule has 0 radical (unpaired) electrons. The van der Waals surface area contributed by atoms with Crippen molar-refractivity contribution in [1.29, 1.82) is 0 Å². The van der Waals surface area contributed by atoms with Gasteiger partial charge in [-0.2, -0.15) is 0 Å². The Kier molecular flexibility index (Phi) is 4.21. The molecule has 0 N–H and O–H groups in total. The summed E-state index contributed by atoms with van der Waals surface area (Å²) < 4.78 is 1.11. The van der Waals surface area contributed by atoms with E-state index < -0.39 is 0 Å². The number of nitrogens with zero attached hydrogens (tertiary/aromatic N) is 1. The van der Waals surface area contributed by atoms with E-state index in [-0.39, 0.29) is 0 Å². The van der Waals surface area contributed by atoms with Crippen LogP contribution in [0.15, 0.2) is 53.0 Å². The number of hydrogen-bond donors (Lipinski definition) is 0. The minimum absolute atomic E-state index is 1.11. The molecule has 0 aliphatic rings. The maximum Gasteiger partial charge on any atom is 0.0361 e. The highest BCUT2D eigenvalue weighted by molar-refractivity contribution is 9.10. The quantitative estimate of drug-likeness (QED) is 0.744. The van der Waals surface area contributed by atoms with Crippen LogP contribution in [0.4, 0.5) is 5.69 Å². The van der Waals surface area contributed by atoms with E-state index in [0.29, 0.717) is 0 Å². The van der Waals surface area contributed by atoms with Crippen molar-refractivity contribution in [1.82, 2.24) is 0 Å². The van der Waals surface area contributed by atoms with Gasteiger partial charge in [0.15, 0.2) is 0 Å². The van der Waals surface area contributed by atoms with Gasteiger partial charge in [-0.3, -0.25) is 0 Å².